The van der Waals surface area contributed by atoms with E-state index in [4.69, 9.17) is 4.74 Å². The molecule has 1 N–H and O–H groups in total. The third-order valence-electron chi connectivity index (χ3n) is 6.66. The summed E-state index contributed by atoms with van der Waals surface area (Å²) < 4.78 is 48.3. The number of para-hydroxylation sites is 1. The van der Waals surface area contributed by atoms with Crippen molar-refractivity contribution in [1.29, 1.82) is 0 Å². The number of hydrogen-bond donors (Lipinski definition) is 1. The number of rotatable bonds is 1. The first kappa shape index (κ1) is 24.7. The Balaban J connectivity index is 1.75. The molecule has 37 heavy (non-hydrogen) atoms. The summed E-state index contributed by atoms with van der Waals surface area (Å²) in [5.41, 5.74) is 4.17. The number of aryl methyl sites for hydroxylation is 2. The zero-order valence-corrected chi connectivity index (χ0v) is 20.3. The van der Waals surface area contributed by atoms with Crippen LogP contribution in [0.15, 0.2) is 42.5 Å². The van der Waals surface area contributed by atoms with Gasteiger partial charge < -0.3 is 14.4 Å². The predicted molar refractivity (Wildman–Crippen MR) is 132 cm³/mol. The SMILES string of the molecule is Cc1c2c(nn1C)COCCCCn1c(C(=O)O)c(C#Cc3ccc(C(F)(F)F)cc3)c3cccc-2c31. The van der Waals surface area contributed by atoms with Crippen LogP contribution in [-0.2, 0) is 31.1 Å². The van der Waals surface area contributed by atoms with Gasteiger partial charge in [-0.15, -0.1) is 0 Å². The normalized spacial score (nSPS) is 14.0. The Morgan fingerprint density at radius 1 is 1.11 bits per heavy atom. The van der Waals surface area contributed by atoms with Gasteiger partial charge in [0.1, 0.15) is 5.69 Å². The number of carbonyl (C=O) groups is 1. The fraction of sp³-hybridized carbons (Fsp3) is 0.286. The maximum atomic E-state index is 12.9. The second-order valence-corrected chi connectivity index (χ2v) is 9.00. The number of fused-ring (bicyclic) bond motifs is 2. The minimum Gasteiger partial charge on any atom is -0.477 e. The van der Waals surface area contributed by atoms with Crippen LogP contribution >= 0.6 is 0 Å². The third-order valence-corrected chi connectivity index (χ3v) is 6.66. The molecule has 0 atom stereocenters. The average Bonchev–Trinajstić information content (AvgIpc) is 3.31. The zero-order valence-electron chi connectivity index (χ0n) is 20.3. The molecule has 0 saturated carbocycles. The first-order chi connectivity index (χ1) is 17.7. The van der Waals surface area contributed by atoms with Crippen molar-refractivity contribution in [3.05, 3.63) is 76.2 Å². The standard InChI is InChI=1S/C28H24F3N3O3/c1-17-24-22-7-5-6-20-21(13-10-18-8-11-19(12-9-18)28(29,30)31)26(27(35)36)34(25(20)22)14-3-4-15-37-16-23(24)32-33(17)2/h5-9,11-12H,3-4,14-16H2,1-2H3,(H,35,36). The summed E-state index contributed by atoms with van der Waals surface area (Å²) in [6.07, 6.45) is -2.99. The molecular weight excluding hydrogens is 483 g/mol. The summed E-state index contributed by atoms with van der Waals surface area (Å²) in [4.78, 5) is 12.6. The maximum Gasteiger partial charge on any atom is 0.416 e. The van der Waals surface area contributed by atoms with E-state index >= 15 is 0 Å². The minimum absolute atomic E-state index is 0.0603. The van der Waals surface area contributed by atoms with E-state index in [2.05, 4.69) is 16.9 Å². The second-order valence-electron chi connectivity index (χ2n) is 9.00. The lowest BCUT2D eigenvalue weighted by molar-refractivity contribution is -0.137. The van der Waals surface area contributed by atoms with Gasteiger partial charge in [0, 0.05) is 48.0 Å². The summed E-state index contributed by atoms with van der Waals surface area (Å²) in [6, 6.07) is 10.2. The van der Waals surface area contributed by atoms with Crippen LogP contribution in [0.25, 0.3) is 22.0 Å². The van der Waals surface area contributed by atoms with Gasteiger partial charge in [-0.2, -0.15) is 18.3 Å². The van der Waals surface area contributed by atoms with Crippen molar-refractivity contribution in [2.45, 2.75) is 39.1 Å². The van der Waals surface area contributed by atoms with Crippen molar-refractivity contribution in [2.75, 3.05) is 6.61 Å². The van der Waals surface area contributed by atoms with Gasteiger partial charge in [-0.1, -0.05) is 30.0 Å². The van der Waals surface area contributed by atoms with Crippen LogP contribution in [-0.4, -0.2) is 32.0 Å². The van der Waals surface area contributed by atoms with Crippen molar-refractivity contribution in [1.82, 2.24) is 14.3 Å². The first-order valence-corrected chi connectivity index (χ1v) is 11.8. The third kappa shape index (κ3) is 4.49. The van der Waals surface area contributed by atoms with E-state index in [0.717, 1.165) is 46.6 Å². The van der Waals surface area contributed by atoms with Gasteiger partial charge in [0.05, 0.1) is 28.9 Å². The number of halogens is 3. The topological polar surface area (TPSA) is 69.3 Å². The number of carboxylic acids is 1. The van der Waals surface area contributed by atoms with Crippen molar-refractivity contribution in [3.63, 3.8) is 0 Å². The average molecular weight is 508 g/mol. The molecule has 0 bridgehead atoms. The van der Waals surface area contributed by atoms with Crippen LogP contribution in [0.1, 0.15) is 51.4 Å². The molecule has 0 spiro atoms. The molecule has 0 unspecified atom stereocenters. The molecule has 1 aliphatic heterocycles. The summed E-state index contributed by atoms with van der Waals surface area (Å²) in [5.74, 6) is 4.73. The lowest BCUT2D eigenvalue weighted by Crippen LogP contribution is -2.11. The highest BCUT2D eigenvalue weighted by atomic mass is 19.4. The van der Waals surface area contributed by atoms with E-state index in [1.807, 2.05) is 32.2 Å². The summed E-state index contributed by atoms with van der Waals surface area (Å²) in [5, 5.41) is 15.6. The first-order valence-electron chi connectivity index (χ1n) is 11.8. The number of nitrogens with zero attached hydrogens (tertiary/aromatic N) is 3. The Labute approximate surface area is 211 Å². The Morgan fingerprint density at radius 3 is 2.57 bits per heavy atom. The number of hydrogen-bond acceptors (Lipinski definition) is 3. The maximum absolute atomic E-state index is 12.9. The molecule has 0 amide bonds. The lowest BCUT2D eigenvalue weighted by atomic mass is 9.99. The number of aromatic nitrogens is 3. The van der Waals surface area contributed by atoms with Gasteiger partial charge >= 0.3 is 12.1 Å². The quantitative estimate of drug-likeness (QED) is 0.332. The summed E-state index contributed by atoms with van der Waals surface area (Å²) in [6.45, 7) is 3.29. The molecule has 0 aliphatic carbocycles. The molecule has 0 radical (unpaired) electrons. The molecule has 9 heteroatoms. The van der Waals surface area contributed by atoms with E-state index in [1.165, 1.54) is 12.1 Å². The van der Waals surface area contributed by atoms with Gasteiger partial charge in [0.25, 0.3) is 0 Å². The Morgan fingerprint density at radius 2 is 1.86 bits per heavy atom. The zero-order chi connectivity index (χ0) is 26.3. The molecular formula is C28H24F3N3O3. The van der Waals surface area contributed by atoms with E-state index in [9.17, 15) is 23.1 Å². The summed E-state index contributed by atoms with van der Waals surface area (Å²) >= 11 is 0. The van der Waals surface area contributed by atoms with Crippen molar-refractivity contribution < 1.29 is 27.8 Å². The van der Waals surface area contributed by atoms with Crippen LogP contribution in [0.5, 0.6) is 0 Å². The Kier molecular flexibility index (Phi) is 6.30. The summed E-state index contributed by atoms with van der Waals surface area (Å²) in [7, 11) is 1.86. The predicted octanol–water partition coefficient (Wildman–Crippen LogP) is 5.78. The number of alkyl halides is 3. The van der Waals surface area contributed by atoms with Crippen LogP contribution in [0.3, 0.4) is 0 Å². The lowest BCUT2D eigenvalue weighted by Gasteiger charge is -2.11. The van der Waals surface area contributed by atoms with Crippen LogP contribution in [0, 0.1) is 18.8 Å². The van der Waals surface area contributed by atoms with Crippen LogP contribution in [0.4, 0.5) is 13.2 Å². The minimum atomic E-state index is -4.44. The van der Waals surface area contributed by atoms with Gasteiger partial charge in [-0.25, -0.2) is 4.79 Å². The van der Waals surface area contributed by atoms with Gasteiger partial charge in [-0.3, -0.25) is 4.68 Å². The Bertz CT molecular complexity index is 1570. The molecule has 4 aromatic rings. The van der Waals surface area contributed by atoms with Crippen molar-refractivity contribution in [3.8, 4) is 23.0 Å². The van der Waals surface area contributed by atoms with E-state index in [-0.39, 0.29) is 5.69 Å². The van der Waals surface area contributed by atoms with Crippen LogP contribution < -0.4 is 0 Å². The smallest absolute Gasteiger partial charge is 0.416 e. The van der Waals surface area contributed by atoms with E-state index in [1.54, 1.807) is 9.25 Å². The van der Waals surface area contributed by atoms with E-state index < -0.39 is 17.7 Å². The number of carboxylic acid groups (broad SMARTS) is 1. The van der Waals surface area contributed by atoms with Crippen molar-refractivity contribution in [2.24, 2.45) is 7.05 Å². The van der Waals surface area contributed by atoms with Gasteiger partial charge in [0.2, 0.25) is 0 Å². The van der Waals surface area contributed by atoms with Gasteiger partial charge in [0.15, 0.2) is 0 Å². The fourth-order valence-electron chi connectivity index (χ4n) is 4.83. The molecule has 2 aromatic heterocycles. The molecule has 6 nitrogen and oxygen atoms in total. The fourth-order valence-corrected chi connectivity index (χ4v) is 4.83. The largest absolute Gasteiger partial charge is 0.477 e. The monoisotopic (exact) mass is 507 g/mol. The second kappa shape index (κ2) is 9.45. The molecule has 3 heterocycles. The van der Waals surface area contributed by atoms with E-state index in [0.29, 0.717) is 42.7 Å². The molecule has 190 valence electrons. The highest BCUT2D eigenvalue weighted by Crippen LogP contribution is 2.38. The number of ether oxygens (including phenoxy) is 1. The molecule has 0 saturated heterocycles. The molecule has 5 rings (SSSR count). The number of aromatic carboxylic acids is 1. The highest BCUT2D eigenvalue weighted by Gasteiger charge is 2.30. The number of benzene rings is 2. The Hall–Kier alpha value is -4.03. The highest BCUT2D eigenvalue weighted by molar-refractivity contribution is 6.06. The molecule has 2 aromatic carbocycles. The van der Waals surface area contributed by atoms with Crippen molar-refractivity contribution >= 4 is 16.9 Å². The van der Waals surface area contributed by atoms with Crippen LogP contribution in [0.2, 0.25) is 0 Å². The molecule has 1 aliphatic rings. The van der Waals surface area contributed by atoms with Gasteiger partial charge in [-0.05, 0) is 44.0 Å². The molecule has 0 fully saturated rings.